The predicted molar refractivity (Wildman–Crippen MR) is 173 cm³/mol. The first kappa shape index (κ1) is 36.8. The Morgan fingerprint density at radius 2 is 1.18 bits per heavy atom. The molecule has 3 atom stereocenters. The van der Waals surface area contributed by atoms with E-state index in [0.717, 1.165) is 11.1 Å². The Labute approximate surface area is 263 Å². The SMILES string of the molecule is CC(C)[C@H](NC(=O)OCc1ccccc1)C(=O)N[C@@H](C)C(=O)NC(Cc1ccccc1)C(OCC(C)(C)C)OCC(C)(C)C. The highest BCUT2D eigenvalue weighted by atomic mass is 16.7. The second-order valence-corrected chi connectivity index (χ2v) is 14.1. The van der Waals surface area contributed by atoms with Crippen LogP contribution in [0.2, 0.25) is 0 Å². The van der Waals surface area contributed by atoms with E-state index in [0.29, 0.717) is 19.6 Å². The van der Waals surface area contributed by atoms with Crippen molar-refractivity contribution in [3.63, 3.8) is 0 Å². The predicted octanol–water partition coefficient (Wildman–Crippen LogP) is 5.62. The molecule has 3 amide bonds. The minimum absolute atomic E-state index is 0.0798. The van der Waals surface area contributed by atoms with E-state index >= 15 is 0 Å². The standard InChI is InChI=1S/C35H53N3O6/c1-24(2)29(38-33(41)42-21-27-18-14-11-15-19-27)31(40)36-25(3)30(39)37-28(20-26-16-12-10-13-17-26)32(43-22-34(4,5)6)44-23-35(7,8)9/h10-19,24-25,28-29,32H,20-23H2,1-9H3,(H,36,40)(H,37,39)(H,38,41)/t25-,28?,29-/m0/s1. The molecule has 0 bridgehead atoms. The molecular formula is C35H53N3O6. The van der Waals surface area contributed by atoms with Gasteiger partial charge in [-0.1, -0.05) is 116 Å². The number of ether oxygens (including phenoxy) is 3. The summed E-state index contributed by atoms with van der Waals surface area (Å²) in [5.74, 6) is -1.12. The molecule has 0 aliphatic rings. The third kappa shape index (κ3) is 14.4. The van der Waals surface area contributed by atoms with Gasteiger partial charge in [0.05, 0.1) is 19.3 Å². The Hall–Kier alpha value is -3.43. The number of nitrogens with one attached hydrogen (secondary N) is 3. The maximum Gasteiger partial charge on any atom is 0.408 e. The molecule has 0 saturated heterocycles. The molecule has 9 heteroatoms. The summed E-state index contributed by atoms with van der Waals surface area (Å²) in [4.78, 5) is 39.2. The summed E-state index contributed by atoms with van der Waals surface area (Å²) < 4.78 is 17.9. The molecule has 0 saturated carbocycles. The molecule has 2 aromatic carbocycles. The highest BCUT2D eigenvalue weighted by molar-refractivity contribution is 5.91. The minimum Gasteiger partial charge on any atom is -0.445 e. The maximum atomic E-state index is 13.5. The van der Waals surface area contributed by atoms with Crippen molar-refractivity contribution in [3.05, 3.63) is 71.8 Å². The van der Waals surface area contributed by atoms with Crippen molar-refractivity contribution in [3.8, 4) is 0 Å². The van der Waals surface area contributed by atoms with Crippen LogP contribution in [0.4, 0.5) is 4.79 Å². The molecule has 9 nitrogen and oxygen atoms in total. The average Bonchev–Trinajstić information content (AvgIpc) is 2.94. The van der Waals surface area contributed by atoms with Gasteiger partial charge in [0.2, 0.25) is 11.8 Å². The van der Waals surface area contributed by atoms with Crippen LogP contribution in [-0.4, -0.2) is 55.5 Å². The molecule has 0 heterocycles. The Morgan fingerprint density at radius 1 is 0.682 bits per heavy atom. The smallest absolute Gasteiger partial charge is 0.408 e. The van der Waals surface area contributed by atoms with Crippen molar-refractivity contribution in [2.45, 2.75) is 99.8 Å². The van der Waals surface area contributed by atoms with Gasteiger partial charge in [0.25, 0.3) is 0 Å². The number of carbonyl (C=O) groups excluding carboxylic acids is 3. The monoisotopic (exact) mass is 611 g/mol. The molecule has 0 aliphatic heterocycles. The lowest BCUT2D eigenvalue weighted by molar-refractivity contribution is -0.185. The van der Waals surface area contributed by atoms with Crippen LogP contribution in [-0.2, 0) is 36.8 Å². The fourth-order valence-corrected chi connectivity index (χ4v) is 4.13. The van der Waals surface area contributed by atoms with Crippen molar-refractivity contribution < 1.29 is 28.6 Å². The number of hydrogen-bond donors (Lipinski definition) is 3. The first-order valence-electron chi connectivity index (χ1n) is 15.4. The molecule has 0 radical (unpaired) electrons. The van der Waals surface area contributed by atoms with E-state index in [1.807, 2.05) is 74.5 Å². The highest BCUT2D eigenvalue weighted by Crippen LogP contribution is 2.21. The van der Waals surface area contributed by atoms with E-state index in [1.165, 1.54) is 0 Å². The van der Waals surface area contributed by atoms with Gasteiger partial charge in [-0.2, -0.15) is 0 Å². The first-order chi connectivity index (χ1) is 20.5. The van der Waals surface area contributed by atoms with Crippen molar-refractivity contribution >= 4 is 17.9 Å². The normalized spacial score (nSPS) is 14.1. The fraction of sp³-hybridized carbons (Fsp3) is 0.571. The molecule has 44 heavy (non-hydrogen) atoms. The topological polar surface area (TPSA) is 115 Å². The van der Waals surface area contributed by atoms with Gasteiger partial charge in [-0.15, -0.1) is 0 Å². The van der Waals surface area contributed by atoms with E-state index < -0.39 is 42.3 Å². The summed E-state index contributed by atoms with van der Waals surface area (Å²) in [6, 6.07) is 16.8. The maximum absolute atomic E-state index is 13.5. The Morgan fingerprint density at radius 3 is 1.66 bits per heavy atom. The molecule has 3 N–H and O–H groups in total. The summed E-state index contributed by atoms with van der Waals surface area (Å²) in [7, 11) is 0. The van der Waals surface area contributed by atoms with Gasteiger partial charge < -0.3 is 30.2 Å². The summed E-state index contributed by atoms with van der Waals surface area (Å²) >= 11 is 0. The van der Waals surface area contributed by atoms with Crippen LogP contribution in [0.5, 0.6) is 0 Å². The Bertz CT molecular complexity index is 1140. The molecule has 0 aromatic heterocycles. The molecule has 1 unspecified atom stereocenters. The van der Waals surface area contributed by atoms with Gasteiger partial charge in [-0.25, -0.2) is 4.79 Å². The van der Waals surface area contributed by atoms with Crippen molar-refractivity contribution in [2.75, 3.05) is 13.2 Å². The van der Waals surface area contributed by atoms with Gasteiger partial charge in [0, 0.05) is 0 Å². The van der Waals surface area contributed by atoms with E-state index in [4.69, 9.17) is 14.2 Å². The lowest BCUT2D eigenvalue weighted by atomic mass is 9.98. The lowest BCUT2D eigenvalue weighted by Gasteiger charge is -2.33. The largest absolute Gasteiger partial charge is 0.445 e. The summed E-state index contributed by atoms with van der Waals surface area (Å²) in [5, 5.41) is 8.47. The zero-order chi connectivity index (χ0) is 32.9. The Kier molecular flexibility index (Phi) is 14.3. The zero-order valence-electron chi connectivity index (χ0n) is 27.9. The summed E-state index contributed by atoms with van der Waals surface area (Å²) in [5.41, 5.74) is 1.61. The molecule has 244 valence electrons. The number of hydrogen-bond acceptors (Lipinski definition) is 6. The van der Waals surface area contributed by atoms with Crippen LogP contribution in [0.3, 0.4) is 0 Å². The van der Waals surface area contributed by atoms with Gasteiger partial charge in [0.15, 0.2) is 6.29 Å². The second kappa shape index (κ2) is 17.2. The molecule has 0 aliphatic carbocycles. The zero-order valence-corrected chi connectivity index (χ0v) is 27.9. The highest BCUT2D eigenvalue weighted by Gasteiger charge is 2.32. The number of alkyl carbamates (subject to hydrolysis) is 1. The second-order valence-electron chi connectivity index (χ2n) is 14.1. The van der Waals surface area contributed by atoms with E-state index in [9.17, 15) is 14.4 Å². The van der Waals surface area contributed by atoms with E-state index in [-0.39, 0.29) is 23.4 Å². The van der Waals surface area contributed by atoms with Crippen LogP contribution >= 0.6 is 0 Å². The van der Waals surface area contributed by atoms with Crippen LogP contribution in [0.1, 0.15) is 73.4 Å². The molecular weight excluding hydrogens is 558 g/mol. The Balaban J connectivity index is 2.13. The molecule has 2 rings (SSSR count). The van der Waals surface area contributed by atoms with Crippen LogP contribution in [0.25, 0.3) is 0 Å². The van der Waals surface area contributed by atoms with E-state index in [1.54, 1.807) is 6.92 Å². The molecule has 0 fully saturated rings. The minimum atomic E-state index is -0.897. The van der Waals surface area contributed by atoms with Crippen LogP contribution < -0.4 is 16.0 Å². The van der Waals surface area contributed by atoms with Gasteiger partial charge in [-0.3, -0.25) is 9.59 Å². The third-order valence-electron chi connectivity index (χ3n) is 6.50. The number of benzene rings is 2. The van der Waals surface area contributed by atoms with Crippen LogP contribution in [0, 0.1) is 16.7 Å². The summed E-state index contributed by atoms with van der Waals surface area (Å²) in [6.45, 7) is 18.6. The average molecular weight is 612 g/mol. The van der Waals surface area contributed by atoms with Gasteiger partial charge >= 0.3 is 6.09 Å². The van der Waals surface area contributed by atoms with Gasteiger partial charge in [0.1, 0.15) is 18.7 Å². The van der Waals surface area contributed by atoms with Crippen molar-refractivity contribution in [1.29, 1.82) is 0 Å². The van der Waals surface area contributed by atoms with Crippen LogP contribution in [0.15, 0.2) is 60.7 Å². The first-order valence-corrected chi connectivity index (χ1v) is 15.4. The summed E-state index contributed by atoms with van der Waals surface area (Å²) in [6.07, 6.45) is -0.960. The van der Waals surface area contributed by atoms with Gasteiger partial charge in [-0.05, 0) is 41.2 Å². The molecule has 2 aromatic rings. The number of amides is 3. The van der Waals surface area contributed by atoms with Crippen molar-refractivity contribution in [1.82, 2.24) is 16.0 Å². The fourth-order valence-electron chi connectivity index (χ4n) is 4.13. The lowest BCUT2D eigenvalue weighted by Crippen LogP contribution is -2.57. The quantitative estimate of drug-likeness (QED) is 0.225. The van der Waals surface area contributed by atoms with Crippen molar-refractivity contribution in [2.24, 2.45) is 16.7 Å². The number of rotatable bonds is 15. The van der Waals surface area contributed by atoms with E-state index in [2.05, 4.69) is 57.5 Å². The number of carbonyl (C=O) groups is 3. The molecule has 0 spiro atoms. The third-order valence-corrected chi connectivity index (χ3v) is 6.50.